The number of nitrogens with one attached hydrogen (secondary N) is 2. The molecule has 0 bridgehead atoms. The molecule has 3 aromatic heterocycles. The van der Waals surface area contributed by atoms with E-state index < -0.39 is 41.8 Å². The largest absolute Gasteiger partial charge is 0.324 e. The fourth-order valence-corrected chi connectivity index (χ4v) is 3.84. The Hall–Kier alpha value is -3.54. The van der Waals surface area contributed by atoms with Crippen LogP contribution in [0, 0.1) is 11.7 Å². The van der Waals surface area contributed by atoms with E-state index in [1.54, 1.807) is 0 Å². The molecule has 32 heavy (non-hydrogen) atoms. The molecule has 3 unspecified atom stereocenters. The number of carbonyl (C=O) groups excluding carboxylic acids is 1. The minimum atomic E-state index is -3.14. The molecular formula is C20H17F4N7O. The monoisotopic (exact) mass is 447 g/mol. The predicted octanol–water partition coefficient (Wildman–Crippen LogP) is 3.67. The molecule has 1 aliphatic carbocycles. The Morgan fingerprint density at radius 3 is 2.72 bits per heavy atom. The summed E-state index contributed by atoms with van der Waals surface area (Å²) in [6.45, 7) is 1.49. The van der Waals surface area contributed by atoms with Crippen LogP contribution in [-0.4, -0.2) is 36.6 Å². The van der Waals surface area contributed by atoms with E-state index in [0.717, 1.165) is 0 Å². The minimum absolute atomic E-state index is 0.0515. The first-order valence-electron chi connectivity index (χ1n) is 9.78. The average Bonchev–Trinajstić information content (AvgIpc) is 3.10. The van der Waals surface area contributed by atoms with E-state index in [4.69, 9.17) is 5.73 Å². The Morgan fingerprint density at radius 1 is 1.31 bits per heavy atom. The van der Waals surface area contributed by atoms with Crippen LogP contribution in [-0.2, 0) is 4.79 Å². The SMILES string of the molecule is CC(N)c1c(F)c(C(F)F)c(-c2cn3cc(NC(=O)C4CC4F)nc3cn2)c2cn[nH]c12. The zero-order valence-corrected chi connectivity index (χ0v) is 16.6. The number of fused-ring (bicyclic) bond motifs is 2. The molecule has 1 aromatic carbocycles. The van der Waals surface area contributed by atoms with Crippen LogP contribution in [0.15, 0.2) is 24.8 Å². The molecule has 12 heteroatoms. The van der Waals surface area contributed by atoms with E-state index in [2.05, 4.69) is 25.5 Å². The molecule has 1 saturated carbocycles. The van der Waals surface area contributed by atoms with Crippen LogP contribution in [0.25, 0.3) is 27.8 Å². The van der Waals surface area contributed by atoms with Crippen LogP contribution >= 0.6 is 0 Å². The first-order valence-corrected chi connectivity index (χ1v) is 9.78. The number of benzene rings is 1. The highest BCUT2D eigenvalue weighted by Crippen LogP contribution is 2.41. The fraction of sp³-hybridized carbons (Fsp3) is 0.300. The molecule has 0 aliphatic heterocycles. The lowest BCUT2D eigenvalue weighted by atomic mass is 9.93. The van der Waals surface area contributed by atoms with Gasteiger partial charge in [0.05, 0.1) is 41.3 Å². The summed E-state index contributed by atoms with van der Waals surface area (Å²) in [6.07, 6.45) is 1.34. The number of hydrogen-bond donors (Lipinski definition) is 3. The number of H-pyrrole nitrogens is 1. The van der Waals surface area contributed by atoms with Crippen molar-refractivity contribution in [2.24, 2.45) is 11.7 Å². The average molecular weight is 447 g/mol. The van der Waals surface area contributed by atoms with Crippen molar-refractivity contribution in [2.45, 2.75) is 32.0 Å². The van der Waals surface area contributed by atoms with Crippen molar-refractivity contribution < 1.29 is 22.4 Å². The standard InChI is InChI=1S/C20H17F4N7O/c1-7(25)14-17(22)16(19(23)24)15(9-3-27-30-18(9)14)11-5-31-6-12(28-13(31)4-26-11)29-20(32)8-2-10(8)21/h3-8,10,19H,2,25H2,1H3,(H,27,30)(H,29,32). The van der Waals surface area contributed by atoms with E-state index in [1.165, 1.54) is 36.1 Å². The van der Waals surface area contributed by atoms with Crippen LogP contribution < -0.4 is 11.1 Å². The lowest BCUT2D eigenvalue weighted by molar-refractivity contribution is -0.117. The summed E-state index contributed by atoms with van der Waals surface area (Å²) in [6, 6.07) is -0.852. The zero-order chi connectivity index (χ0) is 22.7. The third-order valence-electron chi connectivity index (χ3n) is 5.49. The van der Waals surface area contributed by atoms with Gasteiger partial charge in [-0.3, -0.25) is 14.9 Å². The summed E-state index contributed by atoms with van der Waals surface area (Å²) in [5, 5.41) is 9.28. The highest BCUT2D eigenvalue weighted by molar-refractivity contribution is 5.98. The number of nitrogens with two attached hydrogens (primary N) is 1. The molecule has 4 aromatic rings. The Balaban J connectivity index is 1.64. The predicted molar refractivity (Wildman–Crippen MR) is 107 cm³/mol. The minimum Gasteiger partial charge on any atom is -0.324 e. The molecule has 1 fully saturated rings. The summed E-state index contributed by atoms with van der Waals surface area (Å²) < 4.78 is 57.7. The summed E-state index contributed by atoms with van der Waals surface area (Å²) in [7, 11) is 0. The number of hydrogen-bond acceptors (Lipinski definition) is 5. The van der Waals surface area contributed by atoms with Crippen LogP contribution in [0.5, 0.6) is 0 Å². The van der Waals surface area contributed by atoms with Gasteiger partial charge in [-0.25, -0.2) is 22.5 Å². The van der Waals surface area contributed by atoms with Crippen molar-refractivity contribution in [3.05, 3.63) is 41.7 Å². The van der Waals surface area contributed by atoms with Gasteiger partial charge in [0.15, 0.2) is 11.5 Å². The summed E-state index contributed by atoms with van der Waals surface area (Å²) in [5.41, 5.74) is 5.37. The first-order chi connectivity index (χ1) is 15.3. The smallest absolute Gasteiger partial charge is 0.267 e. The maximum atomic E-state index is 15.2. The highest BCUT2D eigenvalue weighted by Gasteiger charge is 2.43. The highest BCUT2D eigenvalue weighted by atomic mass is 19.3. The maximum absolute atomic E-state index is 15.2. The molecule has 5 rings (SSSR count). The Labute approximate surface area is 177 Å². The third-order valence-corrected chi connectivity index (χ3v) is 5.49. The van der Waals surface area contributed by atoms with Crippen molar-refractivity contribution in [1.82, 2.24) is 24.6 Å². The number of aromatic nitrogens is 5. The molecule has 166 valence electrons. The number of imidazole rings is 1. The fourth-order valence-electron chi connectivity index (χ4n) is 3.84. The van der Waals surface area contributed by atoms with Crippen LogP contribution in [0.4, 0.5) is 23.4 Å². The number of anilines is 1. The van der Waals surface area contributed by atoms with Gasteiger partial charge in [0.1, 0.15) is 12.0 Å². The van der Waals surface area contributed by atoms with Gasteiger partial charge in [0.2, 0.25) is 5.91 Å². The van der Waals surface area contributed by atoms with Gasteiger partial charge in [-0.2, -0.15) is 5.10 Å². The molecule has 0 saturated heterocycles. The van der Waals surface area contributed by atoms with E-state index in [9.17, 15) is 18.0 Å². The van der Waals surface area contributed by atoms with Crippen LogP contribution in [0.1, 0.15) is 36.9 Å². The van der Waals surface area contributed by atoms with Gasteiger partial charge in [0, 0.05) is 28.8 Å². The molecule has 8 nitrogen and oxygen atoms in total. The van der Waals surface area contributed by atoms with Gasteiger partial charge in [-0.05, 0) is 13.3 Å². The molecular weight excluding hydrogens is 430 g/mol. The van der Waals surface area contributed by atoms with E-state index in [0.29, 0.717) is 5.65 Å². The van der Waals surface area contributed by atoms with Crippen molar-refractivity contribution in [1.29, 1.82) is 0 Å². The lowest BCUT2D eigenvalue weighted by Gasteiger charge is -2.17. The number of aromatic amines is 1. The van der Waals surface area contributed by atoms with Crippen LogP contribution in [0.3, 0.4) is 0 Å². The van der Waals surface area contributed by atoms with Crippen molar-refractivity contribution in [3.8, 4) is 11.3 Å². The number of nitrogens with zero attached hydrogens (tertiary/aromatic N) is 4. The van der Waals surface area contributed by atoms with Crippen molar-refractivity contribution in [3.63, 3.8) is 0 Å². The number of carbonyl (C=O) groups is 1. The second-order valence-corrected chi connectivity index (χ2v) is 7.78. The maximum Gasteiger partial charge on any atom is 0.267 e. The summed E-state index contributed by atoms with van der Waals surface area (Å²) in [4.78, 5) is 20.3. The molecule has 1 amide bonds. The third kappa shape index (κ3) is 3.18. The lowest BCUT2D eigenvalue weighted by Crippen LogP contribution is -2.15. The molecule has 4 N–H and O–H groups in total. The molecule has 3 heterocycles. The molecule has 1 aliphatic rings. The second kappa shape index (κ2) is 7.26. The van der Waals surface area contributed by atoms with Gasteiger partial charge < -0.3 is 15.5 Å². The normalized spacial score (nSPS) is 19.1. The van der Waals surface area contributed by atoms with E-state index in [1.807, 2.05) is 0 Å². The molecule has 0 spiro atoms. The Bertz CT molecular complexity index is 1360. The summed E-state index contributed by atoms with van der Waals surface area (Å²) >= 11 is 0. The van der Waals surface area contributed by atoms with Crippen molar-refractivity contribution >= 4 is 28.3 Å². The number of halogens is 4. The number of amides is 1. The van der Waals surface area contributed by atoms with Gasteiger partial charge in [-0.1, -0.05) is 0 Å². The van der Waals surface area contributed by atoms with Crippen molar-refractivity contribution in [2.75, 3.05) is 5.32 Å². The topological polar surface area (TPSA) is 114 Å². The number of alkyl halides is 3. The van der Waals surface area contributed by atoms with E-state index in [-0.39, 0.29) is 40.0 Å². The first kappa shape index (κ1) is 20.4. The molecule has 3 atom stereocenters. The molecule has 0 radical (unpaired) electrons. The second-order valence-electron chi connectivity index (χ2n) is 7.78. The summed E-state index contributed by atoms with van der Waals surface area (Å²) in [5.74, 6) is -2.13. The number of rotatable bonds is 5. The Kier molecular flexibility index (Phi) is 4.62. The van der Waals surface area contributed by atoms with Gasteiger partial charge in [0.25, 0.3) is 6.43 Å². The quantitative estimate of drug-likeness (QED) is 0.404. The zero-order valence-electron chi connectivity index (χ0n) is 16.6. The van der Waals surface area contributed by atoms with E-state index >= 15 is 4.39 Å². The Morgan fingerprint density at radius 2 is 2.06 bits per heavy atom. The van der Waals surface area contributed by atoms with Gasteiger partial charge >= 0.3 is 0 Å². The van der Waals surface area contributed by atoms with Crippen LogP contribution in [0.2, 0.25) is 0 Å². The van der Waals surface area contributed by atoms with Gasteiger partial charge in [-0.15, -0.1) is 0 Å².